The fourth-order valence-electron chi connectivity index (χ4n) is 2.12. The Bertz CT molecular complexity index is 302. The summed E-state index contributed by atoms with van der Waals surface area (Å²) >= 11 is 5.88. The van der Waals surface area contributed by atoms with Gasteiger partial charge in [0, 0.05) is 10.6 Å². The van der Waals surface area contributed by atoms with Crippen LogP contribution in [0.5, 0.6) is 0 Å². The van der Waals surface area contributed by atoms with E-state index in [9.17, 15) is 0 Å². The van der Waals surface area contributed by atoms with Crippen molar-refractivity contribution in [3.63, 3.8) is 0 Å². The van der Waals surface area contributed by atoms with E-state index in [-0.39, 0.29) is 17.9 Å². The van der Waals surface area contributed by atoms with Crippen LogP contribution in [-0.2, 0) is 5.54 Å². The van der Waals surface area contributed by atoms with Crippen molar-refractivity contribution in [2.75, 3.05) is 6.54 Å². The van der Waals surface area contributed by atoms with E-state index in [1.54, 1.807) is 0 Å². The maximum atomic E-state index is 5.88. The Morgan fingerprint density at radius 2 is 1.87 bits per heavy atom. The minimum absolute atomic E-state index is 0. The monoisotopic (exact) mass is 245 g/mol. The minimum atomic E-state index is 0. The topological polar surface area (TPSA) is 12.0 Å². The maximum absolute atomic E-state index is 5.88. The van der Waals surface area contributed by atoms with E-state index in [4.69, 9.17) is 11.6 Å². The SMILES string of the molecule is CC1(c2ccc(Cl)cc2)CCCCN1.Cl. The lowest BCUT2D eigenvalue weighted by Gasteiger charge is -2.35. The number of hydrogen-bond acceptors (Lipinski definition) is 1. The predicted octanol–water partition coefficient (Wildman–Crippen LogP) is 3.75. The van der Waals surface area contributed by atoms with Gasteiger partial charge in [0.05, 0.1) is 0 Å². The summed E-state index contributed by atoms with van der Waals surface area (Å²) in [5.74, 6) is 0. The molecule has 0 bridgehead atoms. The molecule has 1 atom stereocenters. The molecule has 1 heterocycles. The average molecular weight is 246 g/mol. The van der Waals surface area contributed by atoms with Gasteiger partial charge in [-0.2, -0.15) is 0 Å². The number of piperidine rings is 1. The molecule has 1 aliphatic rings. The van der Waals surface area contributed by atoms with Gasteiger partial charge in [0.1, 0.15) is 0 Å². The quantitative estimate of drug-likeness (QED) is 0.795. The lowest BCUT2D eigenvalue weighted by atomic mass is 9.84. The molecule has 1 nitrogen and oxygen atoms in total. The molecule has 1 aliphatic heterocycles. The van der Waals surface area contributed by atoms with Crippen LogP contribution in [0.4, 0.5) is 0 Å². The van der Waals surface area contributed by atoms with Gasteiger partial charge in [0.25, 0.3) is 0 Å². The number of rotatable bonds is 1. The van der Waals surface area contributed by atoms with E-state index >= 15 is 0 Å². The van der Waals surface area contributed by atoms with Crippen LogP contribution in [0.25, 0.3) is 0 Å². The number of nitrogens with one attached hydrogen (secondary N) is 1. The summed E-state index contributed by atoms with van der Waals surface area (Å²) in [6, 6.07) is 8.19. The second-order valence-corrected chi connectivity index (χ2v) is 4.66. The number of halogens is 2. The van der Waals surface area contributed by atoms with Crippen LogP contribution >= 0.6 is 24.0 Å². The van der Waals surface area contributed by atoms with Crippen LogP contribution in [0, 0.1) is 0 Å². The second kappa shape index (κ2) is 5.20. The maximum Gasteiger partial charge on any atom is 0.0406 e. The van der Waals surface area contributed by atoms with Crippen molar-refractivity contribution in [3.05, 3.63) is 34.9 Å². The molecule has 1 saturated heterocycles. The molecule has 3 heteroatoms. The van der Waals surface area contributed by atoms with Gasteiger partial charge in [-0.1, -0.05) is 30.2 Å². The predicted molar refractivity (Wildman–Crippen MR) is 67.9 cm³/mol. The first kappa shape index (κ1) is 12.8. The molecule has 1 aromatic rings. The van der Waals surface area contributed by atoms with E-state index in [1.807, 2.05) is 12.1 Å². The van der Waals surface area contributed by atoms with Crippen molar-refractivity contribution in [1.82, 2.24) is 5.32 Å². The minimum Gasteiger partial charge on any atom is -0.308 e. The fourth-order valence-corrected chi connectivity index (χ4v) is 2.25. The largest absolute Gasteiger partial charge is 0.308 e. The van der Waals surface area contributed by atoms with E-state index < -0.39 is 0 Å². The molecule has 0 aromatic heterocycles. The second-order valence-electron chi connectivity index (χ2n) is 4.22. The van der Waals surface area contributed by atoms with Gasteiger partial charge >= 0.3 is 0 Å². The third kappa shape index (κ3) is 2.87. The van der Waals surface area contributed by atoms with Crippen LogP contribution in [0.1, 0.15) is 31.7 Å². The van der Waals surface area contributed by atoms with E-state index in [0.717, 1.165) is 11.6 Å². The van der Waals surface area contributed by atoms with E-state index in [1.165, 1.54) is 24.8 Å². The zero-order chi connectivity index (χ0) is 10.0. The zero-order valence-electron chi connectivity index (χ0n) is 8.92. The Morgan fingerprint density at radius 1 is 1.20 bits per heavy atom. The van der Waals surface area contributed by atoms with Gasteiger partial charge in [0.2, 0.25) is 0 Å². The molecule has 15 heavy (non-hydrogen) atoms. The lowest BCUT2D eigenvalue weighted by Crippen LogP contribution is -2.43. The van der Waals surface area contributed by atoms with Crippen LogP contribution in [0.3, 0.4) is 0 Å². The summed E-state index contributed by atoms with van der Waals surface area (Å²) < 4.78 is 0. The molecule has 1 aromatic carbocycles. The molecule has 1 N–H and O–H groups in total. The molecule has 0 spiro atoms. The van der Waals surface area contributed by atoms with Gasteiger partial charge < -0.3 is 5.32 Å². The molecular formula is C12H17Cl2N. The van der Waals surface area contributed by atoms with Gasteiger partial charge in [-0.15, -0.1) is 12.4 Å². The molecule has 0 radical (unpaired) electrons. The molecule has 84 valence electrons. The first-order valence-electron chi connectivity index (χ1n) is 5.22. The Morgan fingerprint density at radius 3 is 2.40 bits per heavy atom. The molecule has 0 saturated carbocycles. The summed E-state index contributed by atoms with van der Waals surface area (Å²) in [4.78, 5) is 0. The van der Waals surface area contributed by atoms with Crippen LogP contribution < -0.4 is 5.32 Å². The summed E-state index contributed by atoms with van der Waals surface area (Å²) in [7, 11) is 0. The lowest BCUT2D eigenvalue weighted by molar-refractivity contribution is 0.283. The van der Waals surface area contributed by atoms with Crippen molar-refractivity contribution in [3.8, 4) is 0 Å². The van der Waals surface area contributed by atoms with E-state index in [2.05, 4.69) is 24.4 Å². The summed E-state index contributed by atoms with van der Waals surface area (Å²) in [5.41, 5.74) is 1.50. The summed E-state index contributed by atoms with van der Waals surface area (Å²) in [6.45, 7) is 3.40. The van der Waals surface area contributed by atoms with Crippen molar-refractivity contribution in [2.45, 2.75) is 31.7 Å². The highest BCUT2D eigenvalue weighted by atomic mass is 35.5. The third-order valence-corrected chi connectivity index (χ3v) is 3.35. The smallest absolute Gasteiger partial charge is 0.0406 e. The van der Waals surface area contributed by atoms with Crippen molar-refractivity contribution in [1.29, 1.82) is 0 Å². The van der Waals surface area contributed by atoms with E-state index in [0.29, 0.717) is 0 Å². The highest BCUT2D eigenvalue weighted by molar-refractivity contribution is 6.30. The molecule has 1 unspecified atom stereocenters. The molecule has 0 aliphatic carbocycles. The van der Waals surface area contributed by atoms with Crippen molar-refractivity contribution >= 4 is 24.0 Å². The molecule has 1 fully saturated rings. The van der Waals surface area contributed by atoms with Gasteiger partial charge in [-0.3, -0.25) is 0 Å². The number of hydrogen-bond donors (Lipinski definition) is 1. The Balaban J connectivity index is 0.00000112. The average Bonchev–Trinajstić information content (AvgIpc) is 2.19. The highest BCUT2D eigenvalue weighted by Gasteiger charge is 2.27. The van der Waals surface area contributed by atoms with Gasteiger partial charge in [-0.25, -0.2) is 0 Å². The number of benzene rings is 1. The summed E-state index contributed by atoms with van der Waals surface area (Å²) in [6.07, 6.45) is 3.82. The van der Waals surface area contributed by atoms with Crippen LogP contribution in [0.15, 0.2) is 24.3 Å². The first-order valence-corrected chi connectivity index (χ1v) is 5.60. The van der Waals surface area contributed by atoms with Crippen molar-refractivity contribution in [2.24, 2.45) is 0 Å². The Hall–Kier alpha value is -0.240. The van der Waals surface area contributed by atoms with Crippen molar-refractivity contribution < 1.29 is 0 Å². The van der Waals surface area contributed by atoms with Gasteiger partial charge in [0.15, 0.2) is 0 Å². The van der Waals surface area contributed by atoms with Crippen LogP contribution in [0.2, 0.25) is 5.02 Å². The Labute approximate surface area is 103 Å². The normalized spacial score (nSPS) is 25.7. The molecule has 2 rings (SSSR count). The highest BCUT2D eigenvalue weighted by Crippen LogP contribution is 2.30. The van der Waals surface area contributed by atoms with Gasteiger partial charge in [-0.05, 0) is 44.0 Å². The fraction of sp³-hybridized carbons (Fsp3) is 0.500. The van der Waals surface area contributed by atoms with Crippen LogP contribution in [-0.4, -0.2) is 6.54 Å². The standard InChI is InChI=1S/C12H16ClN.ClH/c1-12(8-2-3-9-14-12)10-4-6-11(13)7-5-10;/h4-7,14H,2-3,8-9H2,1H3;1H. The first-order chi connectivity index (χ1) is 6.71. The Kier molecular flexibility index (Phi) is 4.45. The third-order valence-electron chi connectivity index (χ3n) is 3.10. The molecular weight excluding hydrogens is 229 g/mol. The molecule has 0 amide bonds. The zero-order valence-corrected chi connectivity index (χ0v) is 10.5. The summed E-state index contributed by atoms with van der Waals surface area (Å²) in [5, 5.41) is 4.40.